The average molecular weight is 668 g/mol. The number of likely N-dealkylation sites (tertiary alicyclic amines) is 1. The third kappa shape index (κ3) is 4.82. The molecule has 50 heavy (non-hydrogen) atoms. The minimum Gasteiger partial charge on any atom is -0.508 e. The minimum absolute atomic E-state index is 0.0708. The van der Waals surface area contributed by atoms with Gasteiger partial charge in [0.1, 0.15) is 11.5 Å². The van der Waals surface area contributed by atoms with Gasteiger partial charge in [-0.2, -0.15) is 5.01 Å². The number of nitrogens with zero attached hydrogens (tertiary/aromatic N) is 2. The van der Waals surface area contributed by atoms with Crippen molar-refractivity contribution in [3.63, 3.8) is 0 Å². The highest BCUT2D eigenvalue weighted by atomic mass is 16.3. The standard InChI is InChI=1S/C41H37N3O6/c1-24-7-13-28(14-8-24)42-44-38(48)34-23-33-31(19-20-32-35(33)39(49)43(37(32)47)22-21-25-9-15-29(45)16-10-25)36(26-11-17-30(46)18-12-26)41(34,40(44)50)27-5-3-2-4-6-27/h2-19,32-36,42,45-46H,20-23H2,1H3/t32-,33+,34-,35-,36-,41+/m0/s1. The number of phenols is 2. The fourth-order valence-electron chi connectivity index (χ4n) is 8.98. The van der Waals surface area contributed by atoms with Crippen LogP contribution in [0.4, 0.5) is 5.69 Å². The first kappa shape index (κ1) is 31.6. The number of hydrogen-bond acceptors (Lipinski definition) is 7. The molecule has 2 heterocycles. The van der Waals surface area contributed by atoms with E-state index in [-0.39, 0.29) is 48.1 Å². The number of benzene rings is 4. The van der Waals surface area contributed by atoms with Crippen molar-refractivity contribution in [2.75, 3.05) is 12.0 Å². The number of anilines is 1. The number of carbonyl (C=O) groups excluding carboxylic acids is 4. The van der Waals surface area contributed by atoms with E-state index in [0.29, 0.717) is 24.1 Å². The molecule has 3 N–H and O–H groups in total. The van der Waals surface area contributed by atoms with Gasteiger partial charge in [-0.3, -0.25) is 29.5 Å². The van der Waals surface area contributed by atoms with Gasteiger partial charge < -0.3 is 10.2 Å². The van der Waals surface area contributed by atoms with Gasteiger partial charge >= 0.3 is 0 Å². The Morgan fingerprint density at radius 1 is 0.760 bits per heavy atom. The third-order valence-electron chi connectivity index (χ3n) is 11.3. The van der Waals surface area contributed by atoms with E-state index >= 15 is 4.79 Å². The highest BCUT2D eigenvalue weighted by Gasteiger charge is 2.70. The summed E-state index contributed by atoms with van der Waals surface area (Å²) in [6.45, 7) is 2.17. The zero-order valence-electron chi connectivity index (χ0n) is 27.5. The second-order valence-corrected chi connectivity index (χ2v) is 13.9. The van der Waals surface area contributed by atoms with Crippen molar-refractivity contribution in [2.24, 2.45) is 23.7 Å². The number of amides is 4. The Bertz CT molecular complexity index is 2030. The van der Waals surface area contributed by atoms with Crippen LogP contribution in [0.25, 0.3) is 0 Å². The third-order valence-corrected chi connectivity index (χ3v) is 11.3. The van der Waals surface area contributed by atoms with Crippen LogP contribution in [-0.2, 0) is 31.0 Å². The van der Waals surface area contributed by atoms with Crippen LogP contribution in [0, 0.1) is 30.6 Å². The van der Waals surface area contributed by atoms with Crippen molar-refractivity contribution < 1.29 is 29.4 Å². The Balaban J connectivity index is 1.23. The van der Waals surface area contributed by atoms with E-state index in [1.807, 2.05) is 67.6 Å². The molecule has 252 valence electrons. The molecule has 3 fully saturated rings. The van der Waals surface area contributed by atoms with E-state index in [2.05, 4.69) is 5.43 Å². The maximum absolute atomic E-state index is 15.1. The molecular weight excluding hydrogens is 630 g/mol. The van der Waals surface area contributed by atoms with Crippen LogP contribution in [0.2, 0.25) is 0 Å². The molecule has 4 aromatic carbocycles. The molecule has 8 rings (SSSR count). The normalized spacial score (nSPS) is 27.1. The molecule has 9 heteroatoms. The highest BCUT2D eigenvalue weighted by molar-refractivity contribution is 6.13. The Morgan fingerprint density at radius 3 is 2.10 bits per heavy atom. The van der Waals surface area contributed by atoms with Gasteiger partial charge in [0.2, 0.25) is 11.8 Å². The molecule has 0 bridgehead atoms. The second-order valence-electron chi connectivity index (χ2n) is 13.9. The molecule has 1 saturated carbocycles. The summed E-state index contributed by atoms with van der Waals surface area (Å²) in [6.07, 6.45) is 3.05. The predicted molar refractivity (Wildman–Crippen MR) is 185 cm³/mol. The van der Waals surface area contributed by atoms with Gasteiger partial charge in [-0.25, -0.2) is 0 Å². The summed E-state index contributed by atoms with van der Waals surface area (Å²) < 4.78 is 0. The number of nitrogens with one attached hydrogen (secondary N) is 1. The van der Waals surface area contributed by atoms with Crippen LogP contribution in [0.3, 0.4) is 0 Å². The van der Waals surface area contributed by atoms with Gasteiger partial charge in [-0.15, -0.1) is 0 Å². The number of carbonyl (C=O) groups is 4. The quantitative estimate of drug-likeness (QED) is 0.172. The van der Waals surface area contributed by atoms with E-state index in [0.717, 1.165) is 27.3 Å². The van der Waals surface area contributed by atoms with Crippen molar-refractivity contribution in [2.45, 2.75) is 37.5 Å². The first-order valence-electron chi connectivity index (χ1n) is 17.1. The SMILES string of the molecule is Cc1ccc(NN2C(=O)[C@@H]3C[C@@H]4C(=CC[C@@H]5C(=O)N(CCc6ccc(O)cc6)C(=O)[C@@H]54)[C@H](c4ccc(O)cc4)[C@]3(c3ccccc3)C2=O)cc1. The zero-order chi connectivity index (χ0) is 34.7. The summed E-state index contributed by atoms with van der Waals surface area (Å²) in [7, 11) is 0. The van der Waals surface area contributed by atoms with E-state index in [9.17, 15) is 24.6 Å². The van der Waals surface area contributed by atoms with Crippen LogP contribution in [0.5, 0.6) is 11.5 Å². The largest absolute Gasteiger partial charge is 0.508 e. The Kier molecular flexibility index (Phi) is 7.58. The van der Waals surface area contributed by atoms with Crippen molar-refractivity contribution in [3.8, 4) is 11.5 Å². The number of phenolic OH excluding ortho intramolecular Hbond substituents is 2. The predicted octanol–water partition coefficient (Wildman–Crippen LogP) is 5.63. The number of imide groups is 2. The maximum atomic E-state index is 15.1. The van der Waals surface area contributed by atoms with Crippen LogP contribution in [0.1, 0.15) is 41.0 Å². The molecule has 0 unspecified atom stereocenters. The van der Waals surface area contributed by atoms with E-state index in [4.69, 9.17) is 0 Å². The molecule has 4 amide bonds. The molecule has 4 aliphatic rings. The Morgan fingerprint density at radius 2 is 1.42 bits per heavy atom. The average Bonchev–Trinajstić information content (AvgIpc) is 3.50. The van der Waals surface area contributed by atoms with Crippen molar-refractivity contribution in [1.82, 2.24) is 9.91 Å². The summed E-state index contributed by atoms with van der Waals surface area (Å²) in [5, 5.41) is 21.1. The summed E-state index contributed by atoms with van der Waals surface area (Å²) in [4.78, 5) is 59.4. The van der Waals surface area contributed by atoms with E-state index in [1.54, 1.807) is 48.5 Å². The fourth-order valence-corrected chi connectivity index (χ4v) is 8.98. The molecular formula is C41H37N3O6. The first-order valence-corrected chi connectivity index (χ1v) is 17.1. The van der Waals surface area contributed by atoms with Gasteiger partial charge in [0.05, 0.1) is 28.9 Å². The molecule has 0 aromatic heterocycles. The number of rotatable bonds is 7. The Hall–Kier alpha value is -5.70. The number of hydrazine groups is 1. The van der Waals surface area contributed by atoms with Crippen LogP contribution in [-0.4, -0.2) is 50.3 Å². The molecule has 4 aromatic rings. The van der Waals surface area contributed by atoms with Crippen LogP contribution < -0.4 is 5.43 Å². The minimum atomic E-state index is -1.35. The van der Waals surface area contributed by atoms with E-state index in [1.165, 1.54) is 4.90 Å². The van der Waals surface area contributed by atoms with Crippen molar-refractivity contribution in [3.05, 3.63) is 137 Å². The van der Waals surface area contributed by atoms with Crippen LogP contribution in [0.15, 0.2) is 115 Å². The van der Waals surface area contributed by atoms with Gasteiger partial charge in [-0.1, -0.05) is 83.9 Å². The van der Waals surface area contributed by atoms with Gasteiger partial charge in [0.15, 0.2) is 0 Å². The fraction of sp³-hybridized carbons (Fsp3) is 0.268. The highest BCUT2D eigenvalue weighted by Crippen LogP contribution is 2.64. The summed E-state index contributed by atoms with van der Waals surface area (Å²) in [6, 6.07) is 30.3. The molecule has 0 radical (unpaired) electrons. The maximum Gasteiger partial charge on any atom is 0.260 e. The first-order chi connectivity index (χ1) is 24.2. The lowest BCUT2D eigenvalue weighted by molar-refractivity contribution is -0.141. The Labute approximate surface area is 289 Å². The molecule has 2 aliphatic heterocycles. The smallest absolute Gasteiger partial charge is 0.260 e. The summed E-state index contributed by atoms with van der Waals surface area (Å²) >= 11 is 0. The topological polar surface area (TPSA) is 127 Å². The number of aromatic hydroxyl groups is 2. The molecule has 9 nitrogen and oxygen atoms in total. The molecule has 6 atom stereocenters. The molecule has 0 spiro atoms. The van der Waals surface area contributed by atoms with Crippen LogP contribution >= 0.6 is 0 Å². The molecule has 2 saturated heterocycles. The number of aryl methyl sites for hydroxylation is 1. The number of allylic oxidation sites excluding steroid dienone is 2. The van der Waals surface area contributed by atoms with Gasteiger partial charge in [-0.05, 0) is 85.2 Å². The van der Waals surface area contributed by atoms with Gasteiger partial charge in [0, 0.05) is 12.5 Å². The summed E-state index contributed by atoms with van der Waals surface area (Å²) in [5.74, 6) is -4.20. The number of fused-ring (bicyclic) bond motifs is 4. The lowest BCUT2D eigenvalue weighted by atomic mass is 9.49. The van der Waals surface area contributed by atoms with E-state index < -0.39 is 35.0 Å². The number of hydrogen-bond donors (Lipinski definition) is 3. The zero-order valence-corrected chi connectivity index (χ0v) is 27.5. The van der Waals surface area contributed by atoms with Crippen molar-refractivity contribution >= 4 is 29.3 Å². The summed E-state index contributed by atoms with van der Waals surface area (Å²) in [5.41, 5.74) is 6.60. The molecule has 2 aliphatic carbocycles. The second kappa shape index (κ2) is 12.0. The lowest BCUT2D eigenvalue weighted by Gasteiger charge is -2.50. The lowest BCUT2D eigenvalue weighted by Crippen LogP contribution is -2.53. The van der Waals surface area contributed by atoms with Gasteiger partial charge in [0.25, 0.3) is 11.8 Å². The van der Waals surface area contributed by atoms with Crippen molar-refractivity contribution in [1.29, 1.82) is 0 Å². The monoisotopic (exact) mass is 667 g/mol.